The predicted molar refractivity (Wildman–Crippen MR) is 102 cm³/mol. The highest BCUT2D eigenvalue weighted by Gasteiger charge is 2.15. The molecule has 0 aliphatic rings. The van der Waals surface area contributed by atoms with Gasteiger partial charge in [0, 0.05) is 22.7 Å². The number of H-pyrrole nitrogens is 1. The fraction of sp³-hybridized carbons (Fsp3) is 0.350. The number of nitrogens with one attached hydrogen (secondary N) is 2. The molecule has 0 saturated heterocycles. The molecule has 142 valence electrons. The number of carbonyl (C=O) groups is 2. The topological polar surface area (TPSA) is 97.5 Å². The molecule has 1 heterocycles. The second kappa shape index (κ2) is 8.41. The minimum atomic E-state index is -0.668. The molecule has 7 nitrogen and oxygen atoms in total. The maximum absolute atomic E-state index is 12.5. The Morgan fingerprint density at radius 3 is 2.67 bits per heavy atom. The van der Waals surface area contributed by atoms with Gasteiger partial charge in [-0.05, 0) is 45.9 Å². The first kappa shape index (κ1) is 20.0. The van der Waals surface area contributed by atoms with Crippen LogP contribution in [-0.2, 0) is 9.47 Å². The van der Waals surface area contributed by atoms with Crippen LogP contribution in [0.2, 0.25) is 0 Å². The van der Waals surface area contributed by atoms with Gasteiger partial charge in [0.1, 0.15) is 11.2 Å². The van der Waals surface area contributed by atoms with E-state index in [0.29, 0.717) is 16.5 Å². The number of esters is 1. The van der Waals surface area contributed by atoms with E-state index in [1.165, 1.54) is 6.20 Å². The third kappa shape index (κ3) is 5.61. The quantitative estimate of drug-likeness (QED) is 0.639. The highest BCUT2D eigenvalue weighted by atomic mass is 16.6. The first-order valence-electron chi connectivity index (χ1n) is 8.49. The standard InChI is InChI=1S/C20H22N2O5/c1-5-26-18(24)15-12-22-16-9-8-13(11-14(16)17(15)23)7-6-10-21-19(25)27-20(2,3)4/h8-9,11-12H,5,10H2,1-4H3,(H,21,25)(H,22,23). The number of hydrogen-bond acceptors (Lipinski definition) is 5. The van der Waals surface area contributed by atoms with E-state index in [2.05, 4.69) is 22.1 Å². The molecule has 0 spiro atoms. The molecule has 7 heteroatoms. The molecule has 2 rings (SSSR count). The van der Waals surface area contributed by atoms with Gasteiger partial charge in [-0.3, -0.25) is 4.79 Å². The van der Waals surface area contributed by atoms with Crippen molar-refractivity contribution in [2.24, 2.45) is 0 Å². The monoisotopic (exact) mass is 370 g/mol. The van der Waals surface area contributed by atoms with Gasteiger partial charge >= 0.3 is 12.1 Å². The lowest BCUT2D eigenvalue weighted by molar-refractivity contribution is 0.0518. The highest BCUT2D eigenvalue weighted by molar-refractivity contribution is 5.93. The molecule has 0 aliphatic carbocycles. The van der Waals surface area contributed by atoms with Crippen molar-refractivity contribution in [1.82, 2.24) is 10.3 Å². The van der Waals surface area contributed by atoms with Gasteiger partial charge in [-0.1, -0.05) is 11.8 Å². The summed E-state index contributed by atoms with van der Waals surface area (Å²) in [5, 5.41) is 2.87. The van der Waals surface area contributed by atoms with E-state index in [1.54, 1.807) is 45.9 Å². The number of hydrogen-bond donors (Lipinski definition) is 2. The molecule has 1 aromatic carbocycles. The molecule has 0 atom stereocenters. The van der Waals surface area contributed by atoms with Crippen LogP contribution in [0.1, 0.15) is 43.6 Å². The first-order valence-corrected chi connectivity index (χ1v) is 8.49. The second-order valence-corrected chi connectivity index (χ2v) is 6.67. The molecule has 1 amide bonds. The Kier molecular flexibility index (Phi) is 6.24. The van der Waals surface area contributed by atoms with Gasteiger partial charge < -0.3 is 19.8 Å². The molecular weight excluding hydrogens is 348 g/mol. The van der Waals surface area contributed by atoms with Gasteiger partial charge in [0.15, 0.2) is 0 Å². The average Bonchev–Trinajstić information content (AvgIpc) is 2.58. The molecule has 0 bridgehead atoms. The minimum absolute atomic E-state index is 0.0546. The number of rotatable bonds is 3. The Hall–Kier alpha value is -3.27. The summed E-state index contributed by atoms with van der Waals surface area (Å²) in [5.41, 5.74) is 0.123. The summed E-state index contributed by atoms with van der Waals surface area (Å²) >= 11 is 0. The molecule has 27 heavy (non-hydrogen) atoms. The lowest BCUT2D eigenvalue weighted by Crippen LogP contribution is -2.32. The van der Waals surface area contributed by atoms with Gasteiger partial charge in [-0.25, -0.2) is 9.59 Å². The maximum Gasteiger partial charge on any atom is 0.408 e. The number of fused-ring (bicyclic) bond motifs is 1. The summed E-state index contributed by atoms with van der Waals surface area (Å²) in [5.74, 6) is 4.99. The normalized spacial score (nSPS) is 10.7. The van der Waals surface area contributed by atoms with Crippen LogP contribution < -0.4 is 10.7 Å². The van der Waals surface area contributed by atoms with E-state index in [1.807, 2.05) is 0 Å². The number of pyridine rings is 1. The number of benzene rings is 1. The van der Waals surface area contributed by atoms with Gasteiger partial charge in [0.25, 0.3) is 0 Å². The Bertz CT molecular complexity index is 974. The van der Waals surface area contributed by atoms with E-state index in [4.69, 9.17) is 9.47 Å². The van der Waals surface area contributed by atoms with Crippen molar-refractivity contribution < 1.29 is 19.1 Å². The Labute approximate surface area is 157 Å². The number of aromatic nitrogens is 1. The zero-order valence-corrected chi connectivity index (χ0v) is 15.8. The summed E-state index contributed by atoms with van der Waals surface area (Å²) < 4.78 is 10.00. The van der Waals surface area contributed by atoms with Crippen molar-refractivity contribution in [1.29, 1.82) is 0 Å². The fourth-order valence-corrected chi connectivity index (χ4v) is 2.23. The average molecular weight is 370 g/mol. The maximum atomic E-state index is 12.5. The summed E-state index contributed by atoms with van der Waals surface area (Å²) in [6.45, 7) is 7.28. The van der Waals surface area contributed by atoms with Gasteiger partial charge in [0.2, 0.25) is 5.43 Å². The largest absolute Gasteiger partial charge is 0.462 e. The van der Waals surface area contributed by atoms with Crippen LogP contribution in [0, 0.1) is 11.8 Å². The molecule has 0 unspecified atom stereocenters. The van der Waals surface area contributed by atoms with E-state index in [9.17, 15) is 14.4 Å². The molecule has 1 aromatic heterocycles. The van der Waals surface area contributed by atoms with Crippen molar-refractivity contribution >= 4 is 23.0 Å². The number of ether oxygens (including phenoxy) is 2. The van der Waals surface area contributed by atoms with Crippen molar-refractivity contribution in [3.63, 3.8) is 0 Å². The van der Waals surface area contributed by atoms with Crippen molar-refractivity contribution in [3.05, 3.63) is 45.7 Å². The minimum Gasteiger partial charge on any atom is -0.462 e. The number of amides is 1. The van der Waals surface area contributed by atoms with E-state index >= 15 is 0 Å². The third-order valence-corrected chi connectivity index (χ3v) is 3.33. The zero-order chi connectivity index (χ0) is 20.0. The predicted octanol–water partition coefficient (Wildman–Crippen LogP) is 2.58. The van der Waals surface area contributed by atoms with Crippen LogP contribution in [0.3, 0.4) is 0 Å². The van der Waals surface area contributed by atoms with Crippen LogP contribution in [0.5, 0.6) is 0 Å². The molecule has 0 aliphatic heterocycles. The molecule has 0 saturated carbocycles. The number of alkyl carbamates (subject to hydrolysis) is 1. The van der Waals surface area contributed by atoms with Crippen LogP contribution in [0.15, 0.2) is 29.2 Å². The lowest BCUT2D eigenvalue weighted by atomic mass is 10.1. The summed E-state index contributed by atoms with van der Waals surface area (Å²) in [6.07, 6.45) is 0.796. The van der Waals surface area contributed by atoms with Gasteiger partial charge in [-0.2, -0.15) is 0 Å². The van der Waals surface area contributed by atoms with Crippen molar-refractivity contribution in [2.75, 3.05) is 13.2 Å². The second-order valence-electron chi connectivity index (χ2n) is 6.67. The Morgan fingerprint density at radius 1 is 1.26 bits per heavy atom. The lowest BCUT2D eigenvalue weighted by Gasteiger charge is -2.18. The van der Waals surface area contributed by atoms with Crippen molar-refractivity contribution in [3.8, 4) is 11.8 Å². The molecule has 2 aromatic rings. The summed E-state index contributed by atoms with van der Waals surface area (Å²) in [6, 6.07) is 5.04. The SMILES string of the molecule is CCOC(=O)c1c[nH]c2ccc(C#CCNC(=O)OC(C)(C)C)cc2c1=O. The van der Waals surface area contributed by atoms with Crippen LogP contribution in [-0.4, -0.2) is 35.8 Å². The van der Waals surface area contributed by atoms with E-state index in [-0.39, 0.29) is 18.7 Å². The van der Waals surface area contributed by atoms with Crippen molar-refractivity contribution in [2.45, 2.75) is 33.3 Å². The molecule has 0 radical (unpaired) electrons. The van der Waals surface area contributed by atoms with E-state index in [0.717, 1.165) is 0 Å². The fourth-order valence-electron chi connectivity index (χ4n) is 2.23. The highest BCUT2D eigenvalue weighted by Crippen LogP contribution is 2.11. The van der Waals surface area contributed by atoms with Crippen LogP contribution in [0.4, 0.5) is 4.79 Å². The van der Waals surface area contributed by atoms with Gasteiger partial charge in [-0.15, -0.1) is 0 Å². The molecular formula is C20H22N2O5. The smallest absolute Gasteiger partial charge is 0.408 e. The van der Waals surface area contributed by atoms with Crippen LogP contribution in [0.25, 0.3) is 10.9 Å². The number of aromatic amines is 1. The van der Waals surface area contributed by atoms with E-state index < -0.39 is 23.1 Å². The van der Waals surface area contributed by atoms with Gasteiger partial charge in [0.05, 0.1) is 13.2 Å². The number of carbonyl (C=O) groups excluding carboxylic acids is 2. The first-order chi connectivity index (χ1) is 12.7. The summed E-state index contributed by atoms with van der Waals surface area (Å²) in [7, 11) is 0. The zero-order valence-electron chi connectivity index (χ0n) is 15.8. The Balaban J connectivity index is 2.17. The summed E-state index contributed by atoms with van der Waals surface area (Å²) in [4.78, 5) is 38.8. The van der Waals surface area contributed by atoms with Crippen LogP contribution >= 0.6 is 0 Å². The Morgan fingerprint density at radius 2 is 2.00 bits per heavy atom. The third-order valence-electron chi connectivity index (χ3n) is 3.33. The molecule has 0 fully saturated rings. The molecule has 2 N–H and O–H groups in total.